The zero-order valence-electron chi connectivity index (χ0n) is 9.81. The molecule has 0 atom stereocenters. The monoisotopic (exact) mass is 292 g/mol. The van der Waals surface area contributed by atoms with Crippen molar-refractivity contribution < 1.29 is 22.6 Å². The van der Waals surface area contributed by atoms with Crippen LogP contribution < -0.4 is 14.2 Å². The zero-order chi connectivity index (χ0) is 13.2. The molecular weight excluding hydrogens is 280 g/mol. The predicted octanol–water partition coefficient (Wildman–Crippen LogP) is 1.93. The molecule has 18 heavy (non-hydrogen) atoms. The second-order valence-electron chi connectivity index (χ2n) is 3.82. The minimum absolute atomic E-state index is 0.311. The highest BCUT2D eigenvalue weighted by Gasteiger charge is 2.21. The van der Waals surface area contributed by atoms with E-state index in [4.69, 9.17) is 24.9 Å². The van der Waals surface area contributed by atoms with E-state index in [0.29, 0.717) is 36.0 Å². The standard InChI is InChI=1S/C11H13ClO5S/c1-15-10-8(7-18(12,13)14)3-4-9-11(10)17-6-2-5-16-9/h3-4H,2,5-7H2,1H3. The van der Waals surface area contributed by atoms with Crippen molar-refractivity contribution in [2.75, 3.05) is 20.3 Å². The molecular formula is C11H13ClO5S. The molecule has 0 unspecified atom stereocenters. The van der Waals surface area contributed by atoms with Crippen LogP contribution in [0.4, 0.5) is 0 Å². The molecule has 0 bridgehead atoms. The Bertz CT molecular complexity index is 541. The molecule has 0 saturated carbocycles. The summed E-state index contributed by atoms with van der Waals surface area (Å²) in [4.78, 5) is 0. The molecule has 1 aromatic carbocycles. The van der Waals surface area contributed by atoms with Crippen LogP contribution in [0.3, 0.4) is 0 Å². The topological polar surface area (TPSA) is 61.8 Å². The van der Waals surface area contributed by atoms with Gasteiger partial charge in [0.15, 0.2) is 11.5 Å². The van der Waals surface area contributed by atoms with Crippen molar-refractivity contribution in [1.29, 1.82) is 0 Å². The third kappa shape index (κ3) is 3.00. The second kappa shape index (κ2) is 5.24. The maximum atomic E-state index is 11.1. The molecule has 0 aromatic heterocycles. The highest BCUT2D eigenvalue weighted by atomic mass is 35.7. The summed E-state index contributed by atoms with van der Waals surface area (Å²) in [6.07, 6.45) is 0.765. The molecule has 5 nitrogen and oxygen atoms in total. The first kappa shape index (κ1) is 13.3. The lowest BCUT2D eigenvalue weighted by Crippen LogP contribution is -2.02. The lowest BCUT2D eigenvalue weighted by molar-refractivity contribution is 0.289. The Hall–Kier alpha value is -1.14. The van der Waals surface area contributed by atoms with Crippen LogP contribution in [0.5, 0.6) is 17.2 Å². The number of fused-ring (bicyclic) bond motifs is 1. The Labute approximate surface area is 110 Å². The maximum absolute atomic E-state index is 11.1. The van der Waals surface area contributed by atoms with E-state index in [1.807, 2.05) is 0 Å². The molecule has 0 spiro atoms. The quantitative estimate of drug-likeness (QED) is 0.797. The van der Waals surface area contributed by atoms with Crippen molar-refractivity contribution in [3.05, 3.63) is 17.7 Å². The Balaban J connectivity index is 2.46. The summed E-state index contributed by atoms with van der Waals surface area (Å²) in [5.74, 6) is 1.04. The van der Waals surface area contributed by atoms with E-state index in [2.05, 4.69) is 0 Å². The van der Waals surface area contributed by atoms with E-state index < -0.39 is 9.05 Å². The molecule has 0 aliphatic carbocycles. The largest absolute Gasteiger partial charge is 0.492 e. The van der Waals surface area contributed by atoms with E-state index in [-0.39, 0.29) is 5.75 Å². The van der Waals surface area contributed by atoms with Gasteiger partial charge in [-0.05, 0) is 6.07 Å². The van der Waals surface area contributed by atoms with Crippen LogP contribution in [0.2, 0.25) is 0 Å². The van der Waals surface area contributed by atoms with Gasteiger partial charge in [0, 0.05) is 22.7 Å². The first-order valence-corrected chi connectivity index (χ1v) is 7.87. The molecule has 1 heterocycles. The Morgan fingerprint density at radius 1 is 1.33 bits per heavy atom. The number of hydrogen-bond donors (Lipinski definition) is 0. The molecule has 0 radical (unpaired) electrons. The van der Waals surface area contributed by atoms with E-state index >= 15 is 0 Å². The maximum Gasteiger partial charge on any atom is 0.236 e. The first-order valence-electron chi connectivity index (χ1n) is 5.39. The van der Waals surface area contributed by atoms with Crippen molar-refractivity contribution in [2.45, 2.75) is 12.2 Å². The molecule has 2 rings (SSSR count). The lowest BCUT2D eigenvalue weighted by Gasteiger charge is -2.14. The summed E-state index contributed by atoms with van der Waals surface area (Å²) in [6.45, 7) is 1.06. The number of rotatable bonds is 3. The molecule has 7 heteroatoms. The molecule has 0 amide bonds. The van der Waals surface area contributed by atoms with Crippen molar-refractivity contribution in [1.82, 2.24) is 0 Å². The van der Waals surface area contributed by atoms with Crippen molar-refractivity contribution >= 4 is 19.7 Å². The third-order valence-electron chi connectivity index (χ3n) is 2.48. The molecule has 0 saturated heterocycles. The lowest BCUT2D eigenvalue weighted by atomic mass is 10.2. The van der Waals surface area contributed by atoms with Crippen LogP contribution in [0, 0.1) is 0 Å². The molecule has 1 aromatic rings. The second-order valence-corrected chi connectivity index (χ2v) is 6.60. The fourth-order valence-corrected chi connectivity index (χ4v) is 2.73. The van der Waals surface area contributed by atoms with Gasteiger partial charge in [0.25, 0.3) is 0 Å². The van der Waals surface area contributed by atoms with Gasteiger partial charge in [-0.15, -0.1) is 0 Å². The van der Waals surface area contributed by atoms with Crippen molar-refractivity contribution in [2.24, 2.45) is 0 Å². The van der Waals surface area contributed by atoms with Gasteiger partial charge in [-0.1, -0.05) is 6.07 Å². The highest BCUT2D eigenvalue weighted by Crippen LogP contribution is 2.42. The van der Waals surface area contributed by atoms with Crippen molar-refractivity contribution in [3.8, 4) is 17.2 Å². The van der Waals surface area contributed by atoms with Gasteiger partial charge in [0.2, 0.25) is 14.8 Å². The molecule has 0 fully saturated rings. The Kier molecular flexibility index (Phi) is 3.87. The number of hydrogen-bond acceptors (Lipinski definition) is 5. The average molecular weight is 293 g/mol. The van der Waals surface area contributed by atoms with Crippen LogP contribution >= 0.6 is 10.7 Å². The van der Waals surface area contributed by atoms with E-state index in [1.165, 1.54) is 7.11 Å². The normalized spacial score (nSPS) is 15.0. The number of ether oxygens (including phenoxy) is 3. The fourth-order valence-electron chi connectivity index (χ4n) is 1.77. The highest BCUT2D eigenvalue weighted by molar-refractivity contribution is 8.13. The number of benzene rings is 1. The summed E-state index contributed by atoms with van der Waals surface area (Å²) < 4.78 is 38.5. The Morgan fingerprint density at radius 2 is 2.06 bits per heavy atom. The average Bonchev–Trinajstić information content (AvgIpc) is 2.51. The summed E-state index contributed by atoms with van der Waals surface area (Å²) in [6, 6.07) is 3.28. The van der Waals surface area contributed by atoms with E-state index in [9.17, 15) is 8.42 Å². The van der Waals surface area contributed by atoms with Crippen LogP contribution in [-0.4, -0.2) is 28.7 Å². The SMILES string of the molecule is COc1c(CS(=O)(=O)Cl)ccc2c1OCCCO2. The van der Waals surface area contributed by atoms with E-state index in [1.54, 1.807) is 12.1 Å². The first-order chi connectivity index (χ1) is 8.51. The summed E-state index contributed by atoms with van der Waals surface area (Å²) in [7, 11) is 3.06. The van der Waals surface area contributed by atoms with Gasteiger partial charge >= 0.3 is 0 Å². The zero-order valence-corrected chi connectivity index (χ0v) is 11.4. The van der Waals surface area contributed by atoms with Gasteiger partial charge in [0.1, 0.15) is 0 Å². The van der Waals surface area contributed by atoms with Crippen LogP contribution in [0.1, 0.15) is 12.0 Å². The van der Waals surface area contributed by atoms with Crippen molar-refractivity contribution in [3.63, 3.8) is 0 Å². The molecule has 1 aliphatic rings. The van der Waals surface area contributed by atoms with Gasteiger partial charge < -0.3 is 14.2 Å². The smallest absolute Gasteiger partial charge is 0.236 e. The van der Waals surface area contributed by atoms with Gasteiger partial charge in [-0.2, -0.15) is 0 Å². The van der Waals surface area contributed by atoms with Crippen LogP contribution in [0.15, 0.2) is 12.1 Å². The Morgan fingerprint density at radius 3 is 2.72 bits per heavy atom. The summed E-state index contributed by atoms with van der Waals surface area (Å²) in [5.41, 5.74) is 0.455. The van der Waals surface area contributed by atoms with Gasteiger partial charge in [-0.3, -0.25) is 0 Å². The van der Waals surface area contributed by atoms with Gasteiger partial charge in [0.05, 0.1) is 26.1 Å². The van der Waals surface area contributed by atoms with Crippen LogP contribution in [-0.2, 0) is 14.8 Å². The molecule has 100 valence electrons. The minimum atomic E-state index is -3.65. The predicted molar refractivity (Wildman–Crippen MR) is 67.1 cm³/mol. The number of halogens is 1. The third-order valence-corrected chi connectivity index (χ3v) is 3.47. The summed E-state index contributed by atoms with van der Waals surface area (Å²) >= 11 is 0. The fraction of sp³-hybridized carbons (Fsp3) is 0.455. The molecule has 0 N–H and O–H groups in total. The van der Waals surface area contributed by atoms with E-state index in [0.717, 1.165) is 6.42 Å². The minimum Gasteiger partial charge on any atom is -0.492 e. The van der Waals surface area contributed by atoms with Gasteiger partial charge in [-0.25, -0.2) is 8.42 Å². The summed E-state index contributed by atoms with van der Waals surface area (Å²) in [5, 5.41) is 0. The van der Waals surface area contributed by atoms with Crippen LogP contribution in [0.25, 0.3) is 0 Å². The number of methoxy groups -OCH3 is 1. The molecule has 1 aliphatic heterocycles.